The van der Waals surface area contributed by atoms with Crippen LogP contribution in [0.25, 0.3) is 17.1 Å². The Balaban J connectivity index is 1.49. The second-order valence-corrected chi connectivity index (χ2v) is 9.50. The largest absolute Gasteiger partial charge is 0.272 e. The lowest BCUT2D eigenvalue weighted by Gasteiger charge is -2.10. The Hall–Kier alpha value is -2.75. The van der Waals surface area contributed by atoms with Gasteiger partial charge in [0.05, 0.1) is 15.8 Å². The molecule has 0 saturated heterocycles. The third-order valence-corrected chi connectivity index (χ3v) is 6.47. The molecule has 1 amide bonds. The number of nitrogens with zero attached hydrogens (tertiary/aromatic N) is 4. The normalized spacial score (nSPS) is 11.1. The summed E-state index contributed by atoms with van der Waals surface area (Å²) in [5, 5.41) is 13.3. The molecule has 0 radical (unpaired) electrons. The van der Waals surface area contributed by atoms with Gasteiger partial charge in [0.25, 0.3) is 5.91 Å². The van der Waals surface area contributed by atoms with Crippen molar-refractivity contribution in [1.29, 1.82) is 0 Å². The number of para-hydroxylation sites is 1. The van der Waals surface area contributed by atoms with E-state index >= 15 is 0 Å². The summed E-state index contributed by atoms with van der Waals surface area (Å²) >= 11 is 6.25. The molecule has 0 aliphatic rings. The number of thioether (sulfide) groups is 1. The molecule has 0 aliphatic carbocycles. The molecular formula is C21H16BrN5OS2. The summed E-state index contributed by atoms with van der Waals surface area (Å²) in [5.74, 6) is 0.687. The molecule has 9 heteroatoms. The molecule has 0 saturated carbocycles. The summed E-state index contributed by atoms with van der Waals surface area (Å²) in [7, 11) is 0. The molecule has 30 heavy (non-hydrogen) atoms. The zero-order valence-corrected chi connectivity index (χ0v) is 18.8. The minimum Gasteiger partial charge on any atom is -0.272 e. The van der Waals surface area contributed by atoms with Gasteiger partial charge in [-0.25, -0.2) is 5.43 Å². The SMILES string of the molecule is O=C(CSc1nnc(-c2ccccc2)n1-c1ccccc1)N/N=C\c1ccc(Br)s1. The number of carbonyl (C=O) groups excluding carboxylic acids is 1. The highest BCUT2D eigenvalue weighted by Crippen LogP contribution is 2.27. The van der Waals surface area contributed by atoms with Crippen LogP contribution in [0.4, 0.5) is 0 Å². The van der Waals surface area contributed by atoms with Crippen molar-refractivity contribution < 1.29 is 4.79 Å². The number of aromatic nitrogens is 3. The number of rotatable bonds is 7. The van der Waals surface area contributed by atoms with E-state index in [9.17, 15) is 4.79 Å². The van der Waals surface area contributed by atoms with Crippen molar-refractivity contribution in [3.05, 3.63) is 81.5 Å². The van der Waals surface area contributed by atoms with Crippen molar-refractivity contribution in [1.82, 2.24) is 20.2 Å². The van der Waals surface area contributed by atoms with E-state index in [0.717, 1.165) is 25.7 Å². The molecule has 4 rings (SSSR count). The van der Waals surface area contributed by atoms with E-state index in [4.69, 9.17) is 0 Å². The molecule has 150 valence electrons. The third-order valence-electron chi connectivity index (χ3n) is 3.99. The van der Waals surface area contributed by atoms with Crippen LogP contribution < -0.4 is 5.43 Å². The van der Waals surface area contributed by atoms with Crippen molar-refractivity contribution in [2.75, 3.05) is 5.75 Å². The highest BCUT2D eigenvalue weighted by molar-refractivity contribution is 9.11. The Morgan fingerprint density at radius 1 is 1.07 bits per heavy atom. The zero-order valence-electron chi connectivity index (χ0n) is 15.6. The minimum atomic E-state index is -0.212. The molecule has 2 heterocycles. The number of hydrogen-bond acceptors (Lipinski definition) is 6. The average molecular weight is 498 g/mol. The van der Waals surface area contributed by atoms with Crippen LogP contribution in [-0.4, -0.2) is 32.6 Å². The highest BCUT2D eigenvalue weighted by Gasteiger charge is 2.16. The molecule has 1 N–H and O–H groups in total. The van der Waals surface area contributed by atoms with Gasteiger partial charge in [-0.2, -0.15) is 5.10 Å². The Bertz CT molecular complexity index is 1160. The first kappa shape index (κ1) is 20.5. The lowest BCUT2D eigenvalue weighted by atomic mass is 10.2. The summed E-state index contributed by atoms with van der Waals surface area (Å²) in [4.78, 5) is 13.2. The van der Waals surface area contributed by atoms with Gasteiger partial charge >= 0.3 is 0 Å². The average Bonchev–Trinajstić information content (AvgIpc) is 3.39. The van der Waals surface area contributed by atoms with Crippen molar-refractivity contribution in [2.45, 2.75) is 5.16 Å². The number of hydrazone groups is 1. The lowest BCUT2D eigenvalue weighted by molar-refractivity contribution is -0.118. The lowest BCUT2D eigenvalue weighted by Crippen LogP contribution is -2.19. The number of benzene rings is 2. The van der Waals surface area contributed by atoms with Gasteiger partial charge in [-0.1, -0.05) is 60.3 Å². The van der Waals surface area contributed by atoms with Gasteiger partial charge in [0.1, 0.15) is 0 Å². The summed E-state index contributed by atoms with van der Waals surface area (Å²) in [6.07, 6.45) is 1.62. The second kappa shape index (κ2) is 9.84. The van der Waals surface area contributed by atoms with Gasteiger partial charge < -0.3 is 0 Å². The molecule has 2 aromatic heterocycles. The van der Waals surface area contributed by atoms with Crippen LogP contribution in [0.1, 0.15) is 4.88 Å². The number of carbonyl (C=O) groups is 1. The van der Waals surface area contributed by atoms with E-state index in [0.29, 0.717) is 5.16 Å². The van der Waals surface area contributed by atoms with Crippen LogP contribution in [0.15, 0.2) is 86.8 Å². The van der Waals surface area contributed by atoms with Crippen LogP contribution in [0.5, 0.6) is 0 Å². The molecule has 0 fully saturated rings. The van der Waals surface area contributed by atoms with Gasteiger partial charge in [-0.3, -0.25) is 9.36 Å². The van der Waals surface area contributed by atoms with E-state index in [2.05, 4.69) is 36.7 Å². The van der Waals surface area contributed by atoms with Gasteiger partial charge in [0.15, 0.2) is 11.0 Å². The molecule has 0 bridgehead atoms. The van der Waals surface area contributed by atoms with Crippen LogP contribution in [0, 0.1) is 0 Å². The topological polar surface area (TPSA) is 72.2 Å². The Kier molecular flexibility index (Phi) is 6.73. The monoisotopic (exact) mass is 497 g/mol. The van der Waals surface area contributed by atoms with Crippen molar-refractivity contribution in [2.24, 2.45) is 5.10 Å². The standard InChI is InChI=1S/C21H16BrN5OS2/c22-18-12-11-17(30-18)13-23-24-19(28)14-29-21-26-25-20(15-7-3-1-4-8-15)27(21)16-9-5-2-6-10-16/h1-13H,14H2,(H,24,28)/b23-13-. The first-order valence-electron chi connectivity index (χ1n) is 8.97. The first-order valence-corrected chi connectivity index (χ1v) is 11.6. The molecule has 2 aromatic carbocycles. The number of hydrogen-bond donors (Lipinski definition) is 1. The molecule has 0 unspecified atom stereocenters. The molecule has 0 spiro atoms. The maximum absolute atomic E-state index is 12.2. The highest BCUT2D eigenvalue weighted by atomic mass is 79.9. The van der Waals surface area contributed by atoms with Gasteiger partial charge in [-0.15, -0.1) is 21.5 Å². The van der Waals surface area contributed by atoms with Crippen LogP contribution >= 0.6 is 39.0 Å². The quantitative estimate of drug-likeness (QED) is 0.221. The first-order chi connectivity index (χ1) is 14.7. The predicted molar refractivity (Wildman–Crippen MR) is 125 cm³/mol. The van der Waals surface area contributed by atoms with Gasteiger partial charge in [-0.05, 0) is 40.2 Å². The molecule has 0 atom stereocenters. The summed E-state index contributed by atoms with van der Waals surface area (Å²) < 4.78 is 2.97. The fourth-order valence-electron chi connectivity index (χ4n) is 2.68. The number of thiophene rings is 1. The van der Waals surface area contributed by atoms with Crippen molar-refractivity contribution in [3.8, 4) is 17.1 Å². The Morgan fingerprint density at radius 2 is 1.80 bits per heavy atom. The van der Waals surface area contributed by atoms with Gasteiger partial charge in [0, 0.05) is 16.1 Å². The van der Waals surface area contributed by atoms with Crippen molar-refractivity contribution in [3.63, 3.8) is 0 Å². The van der Waals surface area contributed by atoms with Crippen LogP contribution in [0.2, 0.25) is 0 Å². The fourth-order valence-corrected chi connectivity index (χ4v) is 4.72. The Labute approximate surface area is 190 Å². The van der Waals surface area contributed by atoms with Crippen LogP contribution in [0.3, 0.4) is 0 Å². The minimum absolute atomic E-state index is 0.172. The van der Waals surface area contributed by atoms with Crippen molar-refractivity contribution >= 4 is 51.2 Å². The fraction of sp³-hybridized carbons (Fsp3) is 0.0476. The summed E-state index contributed by atoms with van der Waals surface area (Å²) in [6, 6.07) is 23.6. The zero-order chi connectivity index (χ0) is 20.8. The summed E-state index contributed by atoms with van der Waals surface area (Å²) in [6.45, 7) is 0. The number of halogens is 1. The molecule has 0 aliphatic heterocycles. The third kappa shape index (κ3) is 5.05. The second-order valence-electron chi connectivity index (χ2n) is 6.07. The van der Waals surface area contributed by atoms with E-state index in [1.54, 1.807) is 6.21 Å². The smallest absolute Gasteiger partial charge is 0.250 e. The molecule has 4 aromatic rings. The van der Waals surface area contributed by atoms with Crippen LogP contribution in [-0.2, 0) is 4.79 Å². The summed E-state index contributed by atoms with van der Waals surface area (Å²) in [5.41, 5.74) is 4.44. The maximum Gasteiger partial charge on any atom is 0.250 e. The predicted octanol–water partition coefficient (Wildman–Crippen LogP) is 5.00. The Morgan fingerprint density at radius 3 is 2.50 bits per heavy atom. The number of nitrogens with one attached hydrogen (secondary N) is 1. The van der Waals surface area contributed by atoms with E-state index in [-0.39, 0.29) is 11.7 Å². The van der Waals surface area contributed by atoms with E-state index in [1.807, 2.05) is 77.4 Å². The van der Waals surface area contributed by atoms with E-state index < -0.39 is 0 Å². The van der Waals surface area contributed by atoms with Gasteiger partial charge in [0.2, 0.25) is 0 Å². The molecule has 6 nitrogen and oxygen atoms in total. The number of amides is 1. The maximum atomic E-state index is 12.2. The molecular weight excluding hydrogens is 482 g/mol. The van der Waals surface area contributed by atoms with E-state index in [1.165, 1.54) is 23.1 Å².